The van der Waals surface area contributed by atoms with Crippen molar-refractivity contribution < 1.29 is 4.79 Å². The summed E-state index contributed by atoms with van der Waals surface area (Å²) in [5.74, 6) is -0.00532. The van der Waals surface area contributed by atoms with Crippen LogP contribution in [0.3, 0.4) is 0 Å². The van der Waals surface area contributed by atoms with E-state index in [2.05, 4.69) is 13.5 Å². The lowest BCUT2D eigenvalue weighted by molar-refractivity contribution is -0.115. The van der Waals surface area contributed by atoms with Crippen molar-refractivity contribution in [1.82, 2.24) is 0 Å². The quantitative estimate of drug-likeness (QED) is 0.258. The van der Waals surface area contributed by atoms with Crippen LogP contribution >= 0.6 is 11.6 Å². The number of hydrogen-bond donors (Lipinski definition) is 0. The maximum Gasteiger partial charge on any atom is 0.225 e. The molecule has 0 aromatic heterocycles. The molecule has 0 amide bonds. The van der Waals surface area contributed by atoms with Gasteiger partial charge in [-0.1, -0.05) is 64.4 Å². The van der Waals surface area contributed by atoms with Gasteiger partial charge < -0.3 is 0 Å². The second kappa shape index (κ2) is 12.2. The summed E-state index contributed by atoms with van der Waals surface area (Å²) in [6.07, 6.45) is 13.8. The van der Waals surface area contributed by atoms with E-state index in [1.54, 1.807) is 6.08 Å². The maximum absolute atomic E-state index is 11.1. The highest BCUT2D eigenvalue weighted by Gasteiger charge is 2.13. The highest BCUT2D eigenvalue weighted by Crippen LogP contribution is 2.18. The molecular weight excluding hydrogens is 232 g/mol. The van der Waals surface area contributed by atoms with Gasteiger partial charge in [-0.3, -0.25) is 4.79 Å². The Balaban J connectivity index is 3.36. The summed E-state index contributed by atoms with van der Waals surface area (Å²) < 4.78 is 0. The van der Waals surface area contributed by atoms with Gasteiger partial charge in [-0.25, -0.2) is 0 Å². The molecule has 0 rings (SSSR count). The Labute approximate surface area is 112 Å². The number of carbonyl (C=O) groups is 1. The standard InChI is InChI=1S/C15H27ClO/c1-3-5-6-7-8-9-10-11-13-14(12-4-2)15(16)17/h4,14H,2-3,5-13H2,1H3. The monoisotopic (exact) mass is 258 g/mol. The highest BCUT2D eigenvalue weighted by atomic mass is 35.5. The molecule has 1 nitrogen and oxygen atoms in total. The van der Waals surface area contributed by atoms with Gasteiger partial charge in [0.15, 0.2) is 0 Å². The Bertz CT molecular complexity index is 201. The topological polar surface area (TPSA) is 17.1 Å². The fraction of sp³-hybridized carbons (Fsp3) is 0.800. The molecule has 0 N–H and O–H groups in total. The van der Waals surface area contributed by atoms with E-state index in [0.717, 1.165) is 19.3 Å². The second-order valence-electron chi connectivity index (χ2n) is 4.79. The normalized spacial score (nSPS) is 12.4. The van der Waals surface area contributed by atoms with Crippen molar-refractivity contribution in [2.24, 2.45) is 5.92 Å². The first-order chi connectivity index (χ1) is 8.22. The molecule has 0 heterocycles. The summed E-state index contributed by atoms with van der Waals surface area (Å²) in [4.78, 5) is 11.1. The zero-order valence-electron chi connectivity index (χ0n) is 11.2. The molecular formula is C15H27ClO. The van der Waals surface area contributed by atoms with Crippen LogP contribution in [0, 0.1) is 5.92 Å². The van der Waals surface area contributed by atoms with E-state index >= 15 is 0 Å². The van der Waals surface area contributed by atoms with Crippen LogP contribution in [-0.4, -0.2) is 5.24 Å². The van der Waals surface area contributed by atoms with E-state index < -0.39 is 0 Å². The van der Waals surface area contributed by atoms with Crippen molar-refractivity contribution in [2.45, 2.75) is 71.1 Å². The average Bonchev–Trinajstić information content (AvgIpc) is 2.31. The smallest absolute Gasteiger partial charge is 0.225 e. The molecule has 1 atom stereocenters. The Hall–Kier alpha value is -0.300. The zero-order valence-corrected chi connectivity index (χ0v) is 12.0. The Morgan fingerprint density at radius 3 is 2.12 bits per heavy atom. The molecule has 0 bridgehead atoms. The summed E-state index contributed by atoms with van der Waals surface area (Å²) in [5, 5.41) is -0.201. The number of halogens is 1. The van der Waals surface area contributed by atoms with Crippen LogP contribution in [0.25, 0.3) is 0 Å². The van der Waals surface area contributed by atoms with Crippen molar-refractivity contribution >= 4 is 16.8 Å². The first-order valence-electron chi connectivity index (χ1n) is 7.02. The van der Waals surface area contributed by atoms with Crippen molar-refractivity contribution in [2.75, 3.05) is 0 Å². The van der Waals surface area contributed by atoms with Crippen molar-refractivity contribution in [3.63, 3.8) is 0 Å². The molecule has 100 valence electrons. The van der Waals surface area contributed by atoms with Gasteiger partial charge in [-0.05, 0) is 24.4 Å². The summed E-state index contributed by atoms with van der Waals surface area (Å²) >= 11 is 5.53. The molecule has 2 heteroatoms. The minimum Gasteiger partial charge on any atom is -0.281 e. The summed E-state index contributed by atoms with van der Waals surface area (Å²) in [6, 6.07) is 0. The number of unbranched alkanes of at least 4 members (excludes halogenated alkanes) is 7. The third-order valence-electron chi connectivity index (χ3n) is 3.18. The lowest BCUT2D eigenvalue weighted by atomic mass is 9.98. The van der Waals surface area contributed by atoms with Crippen LogP contribution < -0.4 is 0 Å². The molecule has 0 saturated heterocycles. The molecule has 0 spiro atoms. The van der Waals surface area contributed by atoms with E-state index in [-0.39, 0.29) is 11.2 Å². The van der Waals surface area contributed by atoms with E-state index in [4.69, 9.17) is 11.6 Å². The van der Waals surface area contributed by atoms with Gasteiger partial charge in [0.1, 0.15) is 0 Å². The maximum atomic E-state index is 11.1. The second-order valence-corrected chi connectivity index (χ2v) is 5.16. The highest BCUT2D eigenvalue weighted by molar-refractivity contribution is 6.63. The van der Waals surface area contributed by atoms with Gasteiger partial charge in [0.2, 0.25) is 5.24 Å². The molecule has 1 unspecified atom stereocenters. The number of allylic oxidation sites excluding steroid dienone is 1. The first-order valence-corrected chi connectivity index (χ1v) is 7.40. The summed E-state index contributed by atoms with van der Waals surface area (Å²) in [6.45, 7) is 5.90. The van der Waals surface area contributed by atoms with Crippen LogP contribution in [0.4, 0.5) is 0 Å². The van der Waals surface area contributed by atoms with Crippen molar-refractivity contribution in [3.8, 4) is 0 Å². The largest absolute Gasteiger partial charge is 0.281 e. The van der Waals surface area contributed by atoms with E-state index in [9.17, 15) is 4.79 Å². The molecule has 0 aliphatic carbocycles. The van der Waals surface area contributed by atoms with Crippen LogP contribution in [0.1, 0.15) is 71.1 Å². The Morgan fingerprint density at radius 2 is 1.65 bits per heavy atom. The summed E-state index contributed by atoms with van der Waals surface area (Å²) in [7, 11) is 0. The first kappa shape index (κ1) is 16.7. The molecule has 17 heavy (non-hydrogen) atoms. The lowest BCUT2D eigenvalue weighted by Crippen LogP contribution is -2.07. The van der Waals surface area contributed by atoms with E-state index in [1.165, 1.54) is 44.9 Å². The van der Waals surface area contributed by atoms with Crippen molar-refractivity contribution in [3.05, 3.63) is 12.7 Å². The predicted octanol–water partition coefficient (Wildman–Crippen LogP) is 5.47. The molecule has 0 aromatic rings. The molecule has 0 radical (unpaired) electrons. The Morgan fingerprint density at radius 1 is 1.12 bits per heavy atom. The van der Waals surface area contributed by atoms with Gasteiger partial charge in [0.05, 0.1) is 0 Å². The van der Waals surface area contributed by atoms with Gasteiger partial charge in [0, 0.05) is 5.92 Å². The number of carbonyl (C=O) groups excluding carboxylic acids is 1. The van der Waals surface area contributed by atoms with Gasteiger partial charge >= 0.3 is 0 Å². The van der Waals surface area contributed by atoms with Gasteiger partial charge in [-0.15, -0.1) is 6.58 Å². The SMILES string of the molecule is C=CCC(CCCCCCCCCC)C(=O)Cl. The van der Waals surface area contributed by atoms with Crippen LogP contribution in [-0.2, 0) is 4.79 Å². The number of hydrogen-bond acceptors (Lipinski definition) is 1. The minimum absolute atomic E-state index is 0.00532. The van der Waals surface area contributed by atoms with E-state index in [0.29, 0.717) is 0 Å². The van der Waals surface area contributed by atoms with Crippen LogP contribution in [0.2, 0.25) is 0 Å². The van der Waals surface area contributed by atoms with Crippen LogP contribution in [0.5, 0.6) is 0 Å². The predicted molar refractivity (Wildman–Crippen MR) is 76.4 cm³/mol. The molecule has 0 aliphatic heterocycles. The van der Waals surface area contributed by atoms with Crippen molar-refractivity contribution in [1.29, 1.82) is 0 Å². The fourth-order valence-electron chi connectivity index (χ4n) is 2.05. The fourth-order valence-corrected chi connectivity index (χ4v) is 2.25. The summed E-state index contributed by atoms with van der Waals surface area (Å²) in [5.41, 5.74) is 0. The zero-order chi connectivity index (χ0) is 12.9. The molecule has 0 aromatic carbocycles. The third kappa shape index (κ3) is 10.6. The minimum atomic E-state index is -0.201. The van der Waals surface area contributed by atoms with E-state index in [1.807, 2.05) is 0 Å². The van der Waals surface area contributed by atoms with Gasteiger partial charge in [0.25, 0.3) is 0 Å². The van der Waals surface area contributed by atoms with Crippen LogP contribution in [0.15, 0.2) is 12.7 Å². The third-order valence-corrected chi connectivity index (χ3v) is 3.49. The lowest BCUT2D eigenvalue weighted by Gasteiger charge is -2.09. The Kier molecular flexibility index (Phi) is 12.0. The molecule has 0 fully saturated rings. The average molecular weight is 259 g/mol. The molecule has 0 saturated carbocycles. The van der Waals surface area contributed by atoms with Gasteiger partial charge in [-0.2, -0.15) is 0 Å². The number of rotatable bonds is 12. The molecule has 0 aliphatic rings.